The van der Waals surface area contributed by atoms with Crippen LogP contribution in [0.25, 0.3) is 0 Å². The number of carbonyl (C=O) groups is 2. The first-order valence-electron chi connectivity index (χ1n) is 10.7. The molecule has 1 atom stereocenters. The Kier molecular flexibility index (Phi) is 8.69. The second kappa shape index (κ2) is 11.9. The number of non-ortho nitro benzene ring substituents is 1. The van der Waals surface area contributed by atoms with Crippen molar-refractivity contribution in [2.75, 3.05) is 24.9 Å². The van der Waals surface area contributed by atoms with E-state index in [0.717, 1.165) is 4.90 Å². The Morgan fingerprint density at radius 2 is 1.74 bits per heavy atom. The molecule has 0 fully saturated rings. The van der Waals surface area contributed by atoms with E-state index in [1.165, 1.54) is 43.1 Å². The number of anilines is 2. The summed E-state index contributed by atoms with van der Waals surface area (Å²) in [5.41, 5.74) is 1.27. The third-order valence-corrected chi connectivity index (χ3v) is 6.40. The number of thioether (sulfide) groups is 1. The number of amides is 2. The lowest BCUT2D eigenvalue weighted by Gasteiger charge is -2.17. The number of hydrogen-bond donors (Lipinski definition) is 2. The number of carbonyl (C=O) groups excluding carboxylic acids is 2. The molecule has 2 amide bonds. The van der Waals surface area contributed by atoms with E-state index in [-0.39, 0.29) is 11.6 Å². The Labute approximate surface area is 207 Å². The number of nitro groups is 1. The van der Waals surface area contributed by atoms with Crippen molar-refractivity contribution in [3.05, 3.63) is 82.4 Å². The van der Waals surface area contributed by atoms with Crippen LogP contribution in [0.2, 0.25) is 0 Å². The quantitative estimate of drug-likeness (QED) is 0.220. The van der Waals surface area contributed by atoms with Gasteiger partial charge in [0.1, 0.15) is 11.5 Å². The van der Waals surface area contributed by atoms with E-state index >= 15 is 0 Å². The number of nitro benzene ring substituents is 1. The van der Waals surface area contributed by atoms with Gasteiger partial charge in [-0.2, -0.15) is 0 Å². The number of nitrogens with one attached hydrogen (secondary N) is 2. The molecule has 0 radical (unpaired) electrons. The van der Waals surface area contributed by atoms with Crippen LogP contribution in [0.4, 0.5) is 17.1 Å². The van der Waals surface area contributed by atoms with E-state index in [1.54, 1.807) is 43.5 Å². The molecule has 0 aliphatic heterocycles. The Hall–Kier alpha value is -4.05. The van der Waals surface area contributed by atoms with E-state index in [9.17, 15) is 19.7 Å². The van der Waals surface area contributed by atoms with Crippen molar-refractivity contribution in [3.63, 3.8) is 0 Å². The van der Waals surface area contributed by atoms with Crippen molar-refractivity contribution in [3.8, 4) is 11.5 Å². The SMILES string of the molecule is CCC(Sc1cccc(NC(=O)c2ccc([N+](=O)[O-])cc2)c1)C(=O)Nc1cc(OC)ccc1OC. The first kappa shape index (κ1) is 25.6. The summed E-state index contributed by atoms with van der Waals surface area (Å²) in [6.45, 7) is 1.92. The van der Waals surface area contributed by atoms with Gasteiger partial charge in [0.25, 0.3) is 11.6 Å². The van der Waals surface area contributed by atoms with Gasteiger partial charge < -0.3 is 20.1 Å². The normalized spacial score (nSPS) is 11.3. The largest absolute Gasteiger partial charge is 0.497 e. The molecule has 10 heteroatoms. The lowest BCUT2D eigenvalue weighted by Crippen LogP contribution is -2.24. The smallest absolute Gasteiger partial charge is 0.269 e. The van der Waals surface area contributed by atoms with Gasteiger partial charge in [-0.1, -0.05) is 13.0 Å². The van der Waals surface area contributed by atoms with Crippen LogP contribution in [0, 0.1) is 10.1 Å². The Bertz CT molecular complexity index is 1220. The lowest BCUT2D eigenvalue weighted by atomic mass is 10.2. The van der Waals surface area contributed by atoms with Gasteiger partial charge in [0.2, 0.25) is 5.91 Å². The van der Waals surface area contributed by atoms with Crippen LogP contribution in [0.5, 0.6) is 11.5 Å². The fraction of sp³-hybridized carbons (Fsp3) is 0.200. The van der Waals surface area contributed by atoms with Gasteiger partial charge in [0.05, 0.1) is 30.1 Å². The van der Waals surface area contributed by atoms with Crippen LogP contribution in [-0.2, 0) is 4.79 Å². The molecule has 0 aliphatic rings. The zero-order valence-electron chi connectivity index (χ0n) is 19.4. The van der Waals surface area contributed by atoms with Gasteiger partial charge in [-0.25, -0.2) is 0 Å². The van der Waals surface area contributed by atoms with Crippen LogP contribution in [-0.4, -0.2) is 36.2 Å². The highest BCUT2D eigenvalue weighted by Gasteiger charge is 2.20. The summed E-state index contributed by atoms with van der Waals surface area (Å²) < 4.78 is 10.6. The molecule has 0 aromatic heterocycles. The minimum atomic E-state index is -0.521. The molecule has 3 rings (SSSR count). The van der Waals surface area contributed by atoms with Gasteiger partial charge in [0, 0.05) is 34.3 Å². The predicted octanol–water partition coefficient (Wildman–Crippen LogP) is 5.37. The molecule has 0 saturated carbocycles. The Morgan fingerprint density at radius 3 is 2.37 bits per heavy atom. The highest BCUT2D eigenvalue weighted by atomic mass is 32.2. The molecular formula is C25H25N3O6S. The highest BCUT2D eigenvalue weighted by Crippen LogP contribution is 2.32. The fourth-order valence-electron chi connectivity index (χ4n) is 3.20. The maximum Gasteiger partial charge on any atom is 0.269 e. The van der Waals surface area contributed by atoms with Crippen molar-refractivity contribution in [1.82, 2.24) is 0 Å². The molecular weight excluding hydrogens is 470 g/mol. The number of ether oxygens (including phenoxy) is 2. The second-order valence-corrected chi connectivity index (χ2v) is 8.63. The van der Waals surface area contributed by atoms with Gasteiger partial charge >= 0.3 is 0 Å². The van der Waals surface area contributed by atoms with Crippen molar-refractivity contribution >= 4 is 40.6 Å². The average Bonchev–Trinajstić information content (AvgIpc) is 2.87. The first-order valence-corrected chi connectivity index (χ1v) is 11.6. The molecule has 0 saturated heterocycles. The van der Waals surface area contributed by atoms with Crippen molar-refractivity contribution in [2.24, 2.45) is 0 Å². The zero-order chi connectivity index (χ0) is 25.4. The molecule has 9 nitrogen and oxygen atoms in total. The van der Waals surface area contributed by atoms with Gasteiger partial charge in [-0.15, -0.1) is 11.8 Å². The van der Waals surface area contributed by atoms with Crippen LogP contribution in [0.15, 0.2) is 71.6 Å². The summed E-state index contributed by atoms with van der Waals surface area (Å²) in [5, 5.41) is 16.1. The van der Waals surface area contributed by atoms with Crippen molar-refractivity contribution in [2.45, 2.75) is 23.5 Å². The molecule has 0 heterocycles. The highest BCUT2D eigenvalue weighted by molar-refractivity contribution is 8.00. The molecule has 3 aromatic carbocycles. The molecule has 0 spiro atoms. The number of benzene rings is 3. The van der Waals surface area contributed by atoms with Crippen LogP contribution >= 0.6 is 11.8 Å². The molecule has 1 unspecified atom stereocenters. The van der Waals surface area contributed by atoms with Crippen LogP contribution in [0.1, 0.15) is 23.7 Å². The molecule has 35 heavy (non-hydrogen) atoms. The number of hydrogen-bond acceptors (Lipinski definition) is 7. The average molecular weight is 496 g/mol. The zero-order valence-corrected chi connectivity index (χ0v) is 20.3. The van der Waals surface area contributed by atoms with Gasteiger partial charge in [-0.3, -0.25) is 19.7 Å². The topological polar surface area (TPSA) is 120 Å². The minimum absolute atomic E-state index is 0.0876. The van der Waals surface area contributed by atoms with E-state index in [1.807, 2.05) is 13.0 Å². The summed E-state index contributed by atoms with van der Waals surface area (Å²) in [6, 6.07) is 17.7. The third kappa shape index (κ3) is 6.73. The van der Waals surface area contributed by atoms with Crippen molar-refractivity contribution in [1.29, 1.82) is 0 Å². The number of methoxy groups -OCH3 is 2. The monoisotopic (exact) mass is 495 g/mol. The molecule has 182 valence electrons. The molecule has 0 aliphatic carbocycles. The lowest BCUT2D eigenvalue weighted by molar-refractivity contribution is -0.384. The summed E-state index contributed by atoms with van der Waals surface area (Å²) in [5.74, 6) is 0.537. The van der Waals surface area contributed by atoms with E-state index < -0.39 is 16.1 Å². The Balaban J connectivity index is 1.69. The predicted molar refractivity (Wildman–Crippen MR) is 136 cm³/mol. The van der Waals surface area contributed by atoms with E-state index in [2.05, 4.69) is 10.6 Å². The first-order chi connectivity index (χ1) is 16.8. The van der Waals surface area contributed by atoms with Crippen LogP contribution < -0.4 is 20.1 Å². The maximum atomic E-state index is 13.0. The molecule has 2 N–H and O–H groups in total. The minimum Gasteiger partial charge on any atom is -0.497 e. The summed E-state index contributed by atoms with van der Waals surface area (Å²) in [7, 11) is 3.07. The van der Waals surface area contributed by atoms with E-state index in [4.69, 9.17) is 9.47 Å². The molecule has 3 aromatic rings. The van der Waals surface area contributed by atoms with Crippen molar-refractivity contribution < 1.29 is 24.0 Å². The Morgan fingerprint density at radius 1 is 1.00 bits per heavy atom. The standard InChI is InChI=1S/C25H25N3O6S/c1-4-23(25(30)27-21-15-19(33-2)12-13-22(21)34-3)35-20-7-5-6-17(14-20)26-24(29)16-8-10-18(11-9-16)28(31)32/h5-15,23H,4H2,1-3H3,(H,26,29)(H,27,30). The van der Waals surface area contributed by atoms with Gasteiger partial charge in [-0.05, 0) is 48.9 Å². The van der Waals surface area contributed by atoms with E-state index in [0.29, 0.717) is 34.9 Å². The number of nitrogens with zero attached hydrogens (tertiary/aromatic N) is 1. The number of rotatable bonds is 10. The fourth-order valence-corrected chi connectivity index (χ4v) is 4.21. The van der Waals surface area contributed by atoms with Crippen LogP contribution in [0.3, 0.4) is 0 Å². The van der Waals surface area contributed by atoms with Gasteiger partial charge in [0.15, 0.2) is 0 Å². The summed E-state index contributed by atoms with van der Waals surface area (Å²) in [6.07, 6.45) is 0.572. The third-order valence-electron chi connectivity index (χ3n) is 5.04. The summed E-state index contributed by atoms with van der Waals surface area (Å²) >= 11 is 1.37. The maximum absolute atomic E-state index is 13.0. The summed E-state index contributed by atoms with van der Waals surface area (Å²) in [4.78, 5) is 36.6. The second-order valence-electron chi connectivity index (χ2n) is 7.36. The molecule has 0 bridgehead atoms.